The van der Waals surface area contributed by atoms with Gasteiger partial charge in [-0.2, -0.15) is 0 Å². The summed E-state index contributed by atoms with van der Waals surface area (Å²) >= 11 is 0. The number of hydrogen-bond acceptors (Lipinski definition) is 2. The molecule has 3 heteroatoms. The summed E-state index contributed by atoms with van der Waals surface area (Å²) in [5.74, 6) is 1.26. The van der Waals surface area contributed by atoms with Gasteiger partial charge in [0.25, 0.3) is 0 Å². The van der Waals surface area contributed by atoms with Crippen molar-refractivity contribution in [3.8, 4) is 0 Å². The fraction of sp³-hybridized carbons (Fsp3) is 0.480. The predicted octanol–water partition coefficient (Wildman–Crippen LogP) is 5.02. The second kappa shape index (κ2) is 9.88. The van der Waals surface area contributed by atoms with E-state index in [4.69, 9.17) is 0 Å². The molecule has 1 saturated heterocycles. The first kappa shape index (κ1) is 20.6. The summed E-state index contributed by atoms with van der Waals surface area (Å²) in [5.41, 5.74) is 2.44. The molecule has 0 aliphatic carbocycles. The molecule has 2 atom stereocenters. The lowest BCUT2D eigenvalue weighted by Crippen LogP contribution is -2.55. The van der Waals surface area contributed by atoms with Crippen LogP contribution in [0.15, 0.2) is 60.7 Å². The Labute approximate surface area is 170 Å². The number of piperidine rings is 1. The van der Waals surface area contributed by atoms with Crippen LogP contribution in [0.1, 0.15) is 39.2 Å². The SMILES string of the molecule is CCC(=O)N(c1ccccc1)[C@@H]1CCN(CCc2ccccc2)C[C@@H]1C(C)C. The molecule has 1 aliphatic rings. The number of likely N-dealkylation sites (tertiary alicyclic amines) is 1. The summed E-state index contributed by atoms with van der Waals surface area (Å²) in [6.07, 6.45) is 2.68. The Morgan fingerprint density at radius 1 is 1.07 bits per heavy atom. The standard InChI is InChI=1S/C25H34N2O/c1-4-25(28)27(22-13-9-6-10-14-22)24-16-18-26(19-23(24)20(2)3)17-15-21-11-7-5-8-12-21/h5-14,20,23-24H,4,15-19H2,1-3H3/t23-,24-/m1/s1. The second-order valence-corrected chi connectivity index (χ2v) is 8.25. The molecule has 0 bridgehead atoms. The van der Waals surface area contributed by atoms with Crippen molar-refractivity contribution in [3.63, 3.8) is 0 Å². The first-order valence-corrected chi connectivity index (χ1v) is 10.7. The number of nitrogens with zero attached hydrogens (tertiary/aromatic N) is 2. The molecule has 1 aliphatic heterocycles. The van der Waals surface area contributed by atoms with Crippen LogP contribution >= 0.6 is 0 Å². The van der Waals surface area contributed by atoms with Gasteiger partial charge in [-0.1, -0.05) is 69.3 Å². The lowest BCUT2D eigenvalue weighted by atomic mass is 9.82. The lowest BCUT2D eigenvalue weighted by Gasteiger charge is -2.45. The largest absolute Gasteiger partial charge is 0.309 e. The van der Waals surface area contributed by atoms with Crippen molar-refractivity contribution in [3.05, 3.63) is 66.2 Å². The van der Waals surface area contributed by atoms with Gasteiger partial charge in [0.1, 0.15) is 0 Å². The average molecular weight is 379 g/mol. The van der Waals surface area contributed by atoms with E-state index >= 15 is 0 Å². The third-order valence-electron chi connectivity index (χ3n) is 6.06. The topological polar surface area (TPSA) is 23.6 Å². The van der Waals surface area contributed by atoms with Gasteiger partial charge in [-0.3, -0.25) is 4.79 Å². The third-order valence-corrected chi connectivity index (χ3v) is 6.06. The van der Waals surface area contributed by atoms with Gasteiger partial charge in [-0.15, -0.1) is 0 Å². The van der Waals surface area contributed by atoms with Gasteiger partial charge in [0.2, 0.25) is 5.91 Å². The highest BCUT2D eigenvalue weighted by Gasteiger charge is 2.37. The van der Waals surface area contributed by atoms with E-state index in [0.717, 1.165) is 38.2 Å². The number of para-hydroxylation sites is 1. The maximum Gasteiger partial charge on any atom is 0.226 e. The van der Waals surface area contributed by atoms with Crippen molar-refractivity contribution < 1.29 is 4.79 Å². The highest BCUT2D eigenvalue weighted by Crippen LogP contribution is 2.32. The summed E-state index contributed by atoms with van der Waals surface area (Å²) in [6.45, 7) is 9.79. The predicted molar refractivity (Wildman–Crippen MR) is 118 cm³/mol. The summed E-state index contributed by atoms with van der Waals surface area (Å²) in [7, 11) is 0. The van der Waals surface area contributed by atoms with Crippen molar-refractivity contribution >= 4 is 11.6 Å². The summed E-state index contributed by atoms with van der Waals surface area (Å²) in [4.78, 5) is 17.6. The van der Waals surface area contributed by atoms with Crippen LogP contribution in [0.3, 0.4) is 0 Å². The molecular weight excluding hydrogens is 344 g/mol. The van der Waals surface area contributed by atoms with Crippen LogP contribution in [0.25, 0.3) is 0 Å². The molecule has 150 valence electrons. The van der Waals surface area contributed by atoms with Crippen LogP contribution in [-0.2, 0) is 11.2 Å². The highest BCUT2D eigenvalue weighted by atomic mass is 16.2. The summed E-state index contributed by atoms with van der Waals surface area (Å²) in [5, 5.41) is 0. The molecule has 3 rings (SSSR count). The van der Waals surface area contributed by atoms with Gasteiger partial charge < -0.3 is 9.80 Å². The molecule has 1 amide bonds. The van der Waals surface area contributed by atoms with Gasteiger partial charge in [0.15, 0.2) is 0 Å². The molecule has 28 heavy (non-hydrogen) atoms. The normalized spacial score (nSPS) is 20.3. The molecule has 0 radical (unpaired) electrons. The Hall–Kier alpha value is -2.13. The van der Waals surface area contributed by atoms with Crippen LogP contribution in [0.4, 0.5) is 5.69 Å². The quantitative estimate of drug-likeness (QED) is 0.675. The monoisotopic (exact) mass is 378 g/mol. The van der Waals surface area contributed by atoms with Crippen molar-refractivity contribution in [2.75, 3.05) is 24.5 Å². The molecule has 0 N–H and O–H groups in total. The van der Waals surface area contributed by atoms with Gasteiger partial charge in [-0.25, -0.2) is 0 Å². The minimum Gasteiger partial charge on any atom is -0.309 e. The fourth-order valence-corrected chi connectivity index (χ4v) is 4.43. The van der Waals surface area contributed by atoms with E-state index in [-0.39, 0.29) is 11.9 Å². The van der Waals surface area contributed by atoms with E-state index in [0.29, 0.717) is 18.3 Å². The highest BCUT2D eigenvalue weighted by molar-refractivity contribution is 5.93. The molecule has 1 heterocycles. The summed E-state index contributed by atoms with van der Waals surface area (Å²) in [6, 6.07) is 21.3. The molecule has 0 saturated carbocycles. The Morgan fingerprint density at radius 2 is 1.71 bits per heavy atom. The maximum atomic E-state index is 12.9. The van der Waals surface area contributed by atoms with Gasteiger partial charge >= 0.3 is 0 Å². The number of carbonyl (C=O) groups is 1. The van der Waals surface area contributed by atoms with Crippen LogP contribution < -0.4 is 4.90 Å². The Morgan fingerprint density at radius 3 is 2.32 bits per heavy atom. The van der Waals surface area contributed by atoms with E-state index in [1.807, 2.05) is 25.1 Å². The van der Waals surface area contributed by atoms with Gasteiger partial charge in [-0.05, 0) is 42.4 Å². The first-order chi connectivity index (χ1) is 13.6. The van der Waals surface area contributed by atoms with E-state index in [1.165, 1.54) is 5.56 Å². The fourth-order valence-electron chi connectivity index (χ4n) is 4.43. The maximum absolute atomic E-state index is 12.9. The zero-order chi connectivity index (χ0) is 19.9. The lowest BCUT2D eigenvalue weighted by molar-refractivity contribution is -0.119. The van der Waals surface area contributed by atoms with Crippen molar-refractivity contribution in [1.82, 2.24) is 4.90 Å². The summed E-state index contributed by atoms with van der Waals surface area (Å²) < 4.78 is 0. The number of amides is 1. The third kappa shape index (κ3) is 5.02. The van der Waals surface area contributed by atoms with Crippen LogP contribution in [-0.4, -0.2) is 36.5 Å². The average Bonchev–Trinajstić information content (AvgIpc) is 2.74. The van der Waals surface area contributed by atoms with E-state index in [9.17, 15) is 4.79 Å². The zero-order valence-electron chi connectivity index (χ0n) is 17.6. The number of rotatable bonds is 7. The number of hydrogen-bond donors (Lipinski definition) is 0. The van der Waals surface area contributed by atoms with Crippen LogP contribution in [0.2, 0.25) is 0 Å². The van der Waals surface area contributed by atoms with E-state index < -0.39 is 0 Å². The minimum absolute atomic E-state index is 0.236. The van der Waals surface area contributed by atoms with Crippen LogP contribution in [0.5, 0.6) is 0 Å². The smallest absolute Gasteiger partial charge is 0.226 e. The number of carbonyl (C=O) groups excluding carboxylic acids is 1. The molecule has 2 aromatic carbocycles. The Balaban J connectivity index is 1.73. The molecule has 1 fully saturated rings. The minimum atomic E-state index is 0.236. The Bertz CT molecular complexity index is 729. The van der Waals surface area contributed by atoms with Gasteiger partial charge in [0.05, 0.1) is 0 Å². The molecule has 2 aromatic rings. The zero-order valence-corrected chi connectivity index (χ0v) is 17.6. The second-order valence-electron chi connectivity index (χ2n) is 8.25. The van der Waals surface area contributed by atoms with Gasteiger partial charge in [0, 0.05) is 37.8 Å². The van der Waals surface area contributed by atoms with Crippen molar-refractivity contribution in [2.45, 2.75) is 46.1 Å². The Kier molecular flexibility index (Phi) is 7.27. The first-order valence-electron chi connectivity index (χ1n) is 10.7. The number of benzene rings is 2. The van der Waals surface area contributed by atoms with Crippen molar-refractivity contribution in [1.29, 1.82) is 0 Å². The molecular formula is C25H34N2O. The number of anilines is 1. The molecule has 3 nitrogen and oxygen atoms in total. The van der Waals surface area contributed by atoms with E-state index in [1.54, 1.807) is 0 Å². The van der Waals surface area contributed by atoms with Crippen molar-refractivity contribution in [2.24, 2.45) is 11.8 Å². The molecule has 0 aromatic heterocycles. The van der Waals surface area contributed by atoms with Crippen LogP contribution in [0, 0.1) is 11.8 Å². The molecule has 0 spiro atoms. The van der Waals surface area contributed by atoms with E-state index in [2.05, 4.69) is 66.1 Å². The molecule has 0 unspecified atom stereocenters.